The summed E-state index contributed by atoms with van der Waals surface area (Å²) in [5.41, 5.74) is 1.93. The number of hydrogen-bond donors (Lipinski definition) is 1. The number of nitrogens with zero attached hydrogens (tertiary/aromatic N) is 1. The van der Waals surface area contributed by atoms with Gasteiger partial charge in [-0.2, -0.15) is 13.2 Å². The van der Waals surface area contributed by atoms with Crippen molar-refractivity contribution in [3.05, 3.63) is 23.0 Å². The lowest BCUT2D eigenvalue weighted by Gasteiger charge is -2.17. The molecule has 0 aliphatic carbocycles. The average molecular weight is 256 g/mol. The van der Waals surface area contributed by atoms with Crippen molar-refractivity contribution < 1.29 is 26.7 Å². The first kappa shape index (κ1) is 13.6. The van der Waals surface area contributed by atoms with Gasteiger partial charge in [-0.1, -0.05) is 0 Å². The van der Waals surface area contributed by atoms with E-state index < -0.39 is 30.4 Å². The van der Waals surface area contributed by atoms with E-state index >= 15 is 0 Å². The Balaban J connectivity index is 3.54. The van der Waals surface area contributed by atoms with Crippen LogP contribution in [-0.2, 0) is 12.7 Å². The summed E-state index contributed by atoms with van der Waals surface area (Å²) < 4.78 is 67.4. The third-order valence-corrected chi connectivity index (χ3v) is 2.10. The highest BCUT2D eigenvalue weighted by Crippen LogP contribution is 2.39. The zero-order valence-electron chi connectivity index (χ0n) is 8.68. The maximum Gasteiger partial charge on any atom is 0.433 e. The van der Waals surface area contributed by atoms with Gasteiger partial charge in [0.15, 0.2) is 5.69 Å². The van der Waals surface area contributed by atoms with Crippen LogP contribution in [0, 0.1) is 0 Å². The first-order chi connectivity index (χ1) is 7.82. The maximum absolute atomic E-state index is 12.7. The molecule has 0 radical (unpaired) electrons. The summed E-state index contributed by atoms with van der Waals surface area (Å²) in [7, 11) is 1.14. The van der Waals surface area contributed by atoms with Gasteiger partial charge in [-0.15, -0.1) is 0 Å². The van der Waals surface area contributed by atoms with Crippen LogP contribution < -0.4 is 10.5 Å². The summed E-state index contributed by atoms with van der Waals surface area (Å²) in [6.45, 7) is -0.492. The zero-order valence-corrected chi connectivity index (χ0v) is 8.68. The lowest BCUT2D eigenvalue weighted by molar-refractivity contribution is -0.143. The van der Waals surface area contributed by atoms with Gasteiger partial charge in [0.2, 0.25) is 0 Å². The molecule has 1 aromatic rings. The molecule has 0 fully saturated rings. The number of halogens is 5. The number of aromatic nitrogens is 1. The van der Waals surface area contributed by atoms with Crippen molar-refractivity contribution >= 4 is 0 Å². The van der Waals surface area contributed by atoms with E-state index in [4.69, 9.17) is 5.73 Å². The van der Waals surface area contributed by atoms with Crippen molar-refractivity contribution in [3.63, 3.8) is 0 Å². The van der Waals surface area contributed by atoms with Crippen LogP contribution in [-0.4, -0.2) is 12.1 Å². The monoisotopic (exact) mass is 256 g/mol. The predicted molar refractivity (Wildman–Crippen MR) is 48.6 cm³/mol. The van der Waals surface area contributed by atoms with E-state index in [0.717, 1.165) is 13.3 Å². The summed E-state index contributed by atoms with van der Waals surface area (Å²) in [5.74, 6) is -0.184. The molecule has 0 spiro atoms. The molecule has 0 atom stereocenters. The average Bonchev–Trinajstić information content (AvgIpc) is 2.25. The molecule has 0 saturated heterocycles. The predicted octanol–water partition coefficient (Wildman–Crippen LogP) is 2.51. The maximum atomic E-state index is 12.7. The minimum Gasteiger partial charge on any atom is -0.495 e. The Bertz CT molecular complexity index is 405. The van der Waals surface area contributed by atoms with Gasteiger partial charge in [-0.3, -0.25) is 0 Å². The minimum absolute atomic E-state index is 0.184. The van der Waals surface area contributed by atoms with Crippen molar-refractivity contribution in [1.29, 1.82) is 0 Å². The second kappa shape index (κ2) is 4.82. The fourth-order valence-corrected chi connectivity index (χ4v) is 1.39. The molecule has 0 bridgehead atoms. The molecule has 8 heteroatoms. The Labute approximate surface area is 93.4 Å². The molecule has 0 amide bonds. The number of pyridine rings is 1. The van der Waals surface area contributed by atoms with Crippen LogP contribution >= 0.6 is 0 Å². The summed E-state index contributed by atoms with van der Waals surface area (Å²) >= 11 is 0. The third-order valence-electron chi connectivity index (χ3n) is 2.10. The molecule has 17 heavy (non-hydrogen) atoms. The first-order valence-electron chi connectivity index (χ1n) is 4.44. The van der Waals surface area contributed by atoms with Gasteiger partial charge in [-0.05, 0) is 0 Å². The van der Waals surface area contributed by atoms with E-state index in [9.17, 15) is 22.0 Å². The number of ether oxygens (including phenoxy) is 1. The van der Waals surface area contributed by atoms with E-state index in [1.54, 1.807) is 0 Å². The largest absolute Gasteiger partial charge is 0.495 e. The van der Waals surface area contributed by atoms with Crippen LogP contribution in [0.5, 0.6) is 5.75 Å². The minimum atomic E-state index is -4.96. The Hall–Kier alpha value is -1.44. The number of rotatable bonds is 3. The Morgan fingerprint density at radius 2 is 2.00 bits per heavy atom. The van der Waals surface area contributed by atoms with E-state index in [-0.39, 0.29) is 11.3 Å². The summed E-state index contributed by atoms with van der Waals surface area (Å²) in [4.78, 5) is 2.97. The highest BCUT2D eigenvalue weighted by molar-refractivity contribution is 5.42. The molecule has 0 saturated carbocycles. The van der Waals surface area contributed by atoms with E-state index in [1.165, 1.54) is 0 Å². The van der Waals surface area contributed by atoms with Crippen LogP contribution in [0.15, 0.2) is 6.20 Å². The lowest BCUT2D eigenvalue weighted by atomic mass is 10.1. The lowest BCUT2D eigenvalue weighted by Crippen LogP contribution is -2.16. The molecule has 0 aromatic carbocycles. The quantitative estimate of drug-likeness (QED) is 0.845. The summed E-state index contributed by atoms with van der Waals surface area (Å²) in [5, 5.41) is 0. The number of nitrogens with two attached hydrogens (primary N) is 1. The van der Waals surface area contributed by atoms with Crippen LogP contribution in [0.2, 0.25) is 0 Å². The fraction of sp³-hybridized carbons (Fsp3) is 0.444. The molecular weight excluding hydrogens is 247 g/mol. The smallest absolute Gasteiger partial charge is 0.433 e. The molecule has 96 valence electrons. The van der Waals surface area contributed by atoms with Crippen molar-refractivity contribution in [2.45, 2.75) is 19.1 Å². The van der Waals surface area contributed by atoms with Crippen molar-refractivity contribution in [2.75, 3.05) is 7.11 Å². The second-order valence-corrected chi connectivity index (χ2v) is 3.07. The van der Waals surface area contributed by atoms with Gasteiger partial charge < -0.3 is 10.5 Å². The highest BCUT2D eigenvalue weighted by atomic mass is 19.4. The summed E-state index contributed by atoms with van der Waals surface area (Å²) in [6.07, 6.45) is -7.55. The van der Waals surface area contributed by atoms with E-state index in [2.05, 4.69) is 9.72 Å². The van der Waals surface area contributed by atoms with E-state index in [1.807, 2.05) is 0 Å². The highest BCUT2D eigenvalue weighted by Gasteiger charge is 2.39. The SMILES string of the molecule is COc1cnc(C(F)(F)F)c(C(F)F)c1CN. The van der Waals surface area contributed by atoms with Gasteiger partial charge >= 0.3 is 6.18 Å². The molecule has 0 aliphatic heterocycles. The molecule has 1 rings (SSSR count). The summed E-state index contributed by atoms with van der Waals surface area (Å²) in [6, 6.07) is 0. The topological polar surface area (TPSA) is 48.1 Å². The number of alkyl halides is 5. The Morgan fingerprint density at radius 3 is 2.35 bits per heavy atom. The fourth-order valence-electron chi connectivity index (χ4n) is 1.39. The van der Waals surface area contributed by atoms with Crippen LogP contribution in [0.1, 0.15) is 23.2 Å². The molecular formula is C9H9F5N2O. The second-order valence-electron chi connectivity index (χ2n) is 3.07. The van der Waals surface area contributed by atoms with Crippen LogP contribution in [0.25, 0.3) is 0 Å². The normalized spacial score (nSPS) is 12.0. The molecule has 1 heterocycles. The third kappa shape index (κ3) is 2.63. The molecule has 0 unspecified atom stereocenters. The van der Waals surface area contributed by atoms with Gasteiger partial charge in [0.1, 0.15) is 5.75 Å². The van der Waals surface area contributed by atoms with Crippen LogP contribution in [0.3, 0.4) is 0 Å². The Morgan fingerprint density at radius 1 is 1.41 bits per heavy atom. The number of methoxy groups -OCH3 is 1. The molecule has 3 nitrogen and oxygen atoms in total. The zero-order chi connectivity index (χ0) is 13.2. The van der Waals surface area contributed by atoms with Gasteiger partial charge in [0, 0.05) is 12.1 Å². The standard InChI is InChI=1S/C9H9F5N2O/c1-17-5-3-16-7(9(12,13)14)6(8(10)11)4(5)2-15/h3,8H,2,15H2,1H3. The molecule has 2 N–H and O–H groups in total. The van der Waals surface area contributed by atoms with Crippen LogP contribution in [0.4, 0.5) is 22.0 Å². The number of hydrogen-bond acceptors (Lipinski definition) is 3. The molecule has 1 aromatic heterocycles. The van der Waals surface area contributed by atoms with Crippen molar-refractivity contribution in [2.24, 2.45) is 5.73 Å². The van der Waals surface area contributed by atoms with Gasteiger partial charge in [0.25, 0.3) is 6.43 Å². The van der Waals surface area contributed by atoms with Gasteiger partial charge in [-0.25, -0.2) is 13.8 Å². The Kier molecular flexibility index (Phi) is 3.87. The first-order valence-corrected chi connectivity index (χ1v) is 4.44. The van der Waals surface area contributed by atoms with Crippen molar-refractivity contribution in [3.8, 4) is 5.75 Å². The van der Waals surface area contributed by atoms with Gasteiger partial charge in [0.05, 0.1) is 18.9 Å². The van der Waals surface area contributed by atoms with E-state index in [0.29, 0.717) is 0 Å². The van der Waals surface area contributed by atoms with Crippen molar-refractivity contribution in [1.82, 2.24) is 4.98 Å². The molecule has 0 aliphatic rings.